The number of amides is 1. The van der Waals surface area contributed by atoms with Gasteiger partial charge >= 0.3 is 0 Å². The highest BCUT2D eigenvalue weighted by molar-refractivity contribution is 6.03. The quantitative estimate of drug-likeness (QED) is 0.614. The SMILES string of the molecule is O=C(Nc1ncc2ncn([C@@H]3O[C@H](CO)[C@@H](O)[C@H]3F)c2n1)c1ccccc1. The molecule has 0 aliphatic carbocycles. The molecule has 1 aliphatic rings. The van der Waals surface area contributed by atoms with Gasteiger partial charge in [-0.3, -0.25) is 14.7 Å². The zero-order valence-corrected chi connectivity index (χ0v) is 13.9. The third-order valence-corrected chi connectivity index (χ3v) is 4.33. The summed E-state index contributed by atoms with van der Waals surface area (Å²) in [5.41, 5.74) is 1.03. The lowest BCUT2D eigenvalue weighted by Gasteiger charge is -2.15. The number of anilines is 1. The van der Waals surface area contributed by atoms with Crippen LogP contribution in [-0.2, 0) is 4.74 Å². The molecule has 0 saturated carbocycles. The van der Waals surface area contributed by atoms with Gasteiger partial charge in [-0.1, -0.05) is 18.2 Å². The Bertz CT molecular complexity index is 966. The lowest BCUT2D eigenvalue weighted by molar-refractivity contribution is -0.0459. The number of carbonyl (C=O) groups excluding carboxylic acids is 1. The second-order valence-electron chi connectivity index (χ2n) is 6.06. The van der Waals surface area contributed by atoms with Gasteiger partial charge in [0.05, 0.1) is 19.1 Å². The number of aliphatic hydroxyl groups excluding tert-OH is 2. The minimum atomic E-state index is -1.77. The minimum absolute atomic E-state index is 0.0192. The van der Waals surface area contributed by atoms with Crippen LogP contribution in [0.4, 0.5) is 10.3 Å². The number of alkyl halides is 1. The average Bonchev–Trinajstić information content (AvgIpc) is 3.23. The summed E-state index contributed by atoms with van der Waals surface area (Å²) in [7, 11) is 0. The van der Waals surface area contributed by atoms with Gasteiger partial charge in [-0.15, -0.1) is 0 Å². The first-order valence-corrected chi connectivity index (χ1v) is 8.23. The summed E-state index contributed by atoms with van der Waals surface area (Å²) in [5, 5.41) is 21.6. The van der Waals surface area contributed by atoms with Crippen LogP contribution >= 0.6 is 0 Å². The van der Waals surface area contributed by atoms with E-state index in [9.17, 15) is 19.4 Å². The van der Waals surface area contributed by atoms with Crippen LogP contribution in [-0.4, -0.2) is 60.6 Å². The second kappa shape index (κ2) is 6.99. The number of hydrogen-bond acceptors (Lipinski definition) is 7. The van der Waals surface area contributed by atoms with Gasteiger partial charge in [0.15, 0.2) is 18.0 Å². The molecular weight excluding hydrogens is 357 g/mol. The molecule has 4 atom stereocenters. The Labute approximate surface area is 152 Å². The van der Waals surface area contributed by atoms with Crippen LogP contribution in [0.2, 0.25) is 0 Å². The fraction of sp³-hybridized carbons (Fsp3) is 0.294. The minimum Gasteiger partial charge on any atom is -0.394 e. The standard InChI is InChI=1S/C17H16FN5O4/c18-12-13(25)11(7-24)27-16(12)23-8-20-10-6-19-17(21-14(10)23)22-15(26)9-4-2-1-3-5-9/h1-6,8,11-13,16,24-25H,7H2,(H,19,21,22,26)/t11-,12-,13-,16-/m1/s1. The van der Waals surface area contributed by atoms with E-state index in [2.05, 4.69) is 20.3 Å². The molecule has 0 unspecified atom stereocenters. The smallest absolute Gasteiger partial charge is 0.258 e. The second-order valence-corrected chi connectivity index (χ2v) is 6.06. The van der Waals surface area contributed by atoms with Gasteiger partial charge in [0.25, 0.3) is 5.91 Å². The van der Waals surface area contributed by atoms with Crippen LogP contribution in [0.15, 0.2) is 42.9 Å². The van der Waals surface area contributed by atoms with Crippen molar-refractivity contribution in [2.45, 2.75) is 24.6 Å². The van der Waals surface area contributed by atoms with Gasteiger partial charge in [0, 0.05) is 5.56 Å². The van der Waals surface area contributed by atoms with Crippen molar-refractivity contribution >= 4 is 23.0 Å². The Morgan fingerprint density at radius 3 is 2.78 bits per heavy atom. The molecule has 0 bridgehead atoms. The first kappa shape index (κ1) is 17.5. The van der Waals surface area contributed by atoms with Crippen LogP contribution in [0, 0.1) is 0 Å². The molecule has 1 aromatic carbocycles. The lowest BCUT2D eigenvalue weighted by Crippen LogP contribution is -2.30. The number of aliphatic hydroxyl groups is 2. The highest BCUT2D eigenvalue weighted by Crippen LogP contribution is 2.33. The number of rotatable bonds is 4. The van der Waals surface area contributed by atoms with Crippen molar-refractivity contribution in [3.8, 4) is 0 Å². The van der Waals surface area contributed by atoms with Gasteiger partial charge in [0.1, 0.15) is 17.7 Å². The lowest BCUT2D eigenvalue weighted by atomic mass is 10.1. The van der Waals surface area contributed by atoms with Gasteiger partial charge in [-0.05, 0) is 12.1 Å². The molecule has 9 nitrogen and oxygen atoms in total. The number of carbonyl (C=O) groups is 1. The molecule has 27 heavy (non-hydrogen) atoms. The summed E-state index contributed by atoms with van der Waals surface area (Å²) in [6, 6.07) is 8.55. The number of benzene rings is 1. The summed E-state index contributed by atoms with van der Waals surface area (Å²) in [6.07, 6.45) is -2.77. The molecule has 4 rings (SSSR count). The maximum atomic E-state index is 14.4. The van der Waals surface area contributed by atoms with Gasteiger partial charge < -0.3 is 14.9 Å². The molecule has 10 heteroatoms. The molecule has 1 saturated heterocycles. The van der Waals surface area contributed by atoms with Crippen molar-refractivity contribution in [2.75, 3.05) is 11.9 Å². The normalized spacial score (nSPS) is 25.0. The highest BCUT2D eigenvalue weighted by atomic mass is 19.1. The Kier molecular flexibility index (Phi) is 4.52. The van der Waals surface area contributed by atoms with Crippen molar-refractivity contribution in [3.05, 3.63) is 48.4 Å². The molecule has 1 amide bonds. The number of nitrogens with zero attached hydrogens (tertiary/aromatic N) is 4. The molecule has 1 fully saturated rings. The van der Waals surface area contributed by atoms with E-state index in [4.69, 9.17) is 4.74 Å². The van der Waals surface area contributed by atoms with Crippen molar-refractivity contribution < 1.29 is 24.1 Å². The van der Waals surface area contributed by atoms with Gasteiger partial charge in [0.2, 0.25) is 5.95 Å². The van der Waals surface area contributed by atoms with E-state index in [0.29, 0.717) is 11.1 Å². The van der Waals surface area contributed by atoms with Crippen molar-refractivity contribution in [1.29, 1.82) is 0 Å². The van der Waals surface area contributed by atoms with Crippen LogP contribution < -0.4 is 5.32 Å². The molecular formula is C17H16FN5O4. The number of aromatic nitrogens is 4. The Morgan fingerprint density at radius 2 is 2.07 bits per heavy atom. The topological polar surface area (TPSA) is 122 Å². The first-order valence-electron chi connectivity index (χ1n) is 8.23. The number of halogens is 1. The molecule has 3 N–H and O–H groups in total. The van der Waals surface area contributed by atoms with Crippen molar-refractivity contribution in [2.24, 2.45) is 0 Å². The van der Waals surface area contributed by atoms with Crippen molar-refractivity contribution in [3.63, 3.8) is 0 Å². The van der Waals surface area contributed by atoms with Gasteiger partial charge in [-0.2, -0.15) is 4.98 Å². The van der Waals surface area contributed by atoms with Crippen LogP contribution in [0.3, 0.4) is 0 Å². The maximum absolute atomic E-state index is 14.4. The average molecular weight is 373 g/mol. The Morgan fingerprint density at radius 1 is 1.30 bits per heavy atom. The van der Waals surface area contributed by atoms with E-state index >= 15 is 0 Å². The van der Waals surface area contributed by atoms with E-state index in [0.717, 1.165) is 0 Å². The monoisotopic (exact) mass is 373 g/mol. The number of fused-ring (bicyclic) bond motifs is 1. The summed E-state index contributed by atoms with van der Waals surface area (Å²) < 4.78 is 21.1. The molecule has 2 aromatic heterocycles. The summed E-state index contributed by atoms with van der Waals surface area (Å²) in [5.74, 6) is -0.372. The third-order valence-electron chi connectivity index (χ3n) is 4.33. The fourth-order valence-corrected chi connectivity index (χ4v) is 2.91. The Hall–Kier alpha value is -2.95. The van der Waals surface area contributed by atoms with Crippen LogP contribution in [0.5, 0.6) is 0 Å². The molecule has 140 valence electrons. The van der Waals surface area contributed by atoms with Crippen molar-refractivity contribution in [1.82, 2.24) is 19.5 Å². The predicted octanol–water partition coefficient (Wildman–Crippen LogP) is 0.667. The third kappa shape index (κ3) is 3.14. The maximum Gasteiger partial charge on any atom is 0.258 e. The Balaban J connectivity index is 1.63. The van der Waals surface area contributed by atoms with E-state index in [1.165, 1.54) is 17.1 Å². The number of hydrogen-bond donors (Lipinski definition) is 3. The molecule has 1 aliphatic heterocycles. The largest absolute Gasteiger partial charge is 0.394 e. The zero-order valence-electron chi connectivity index (χ0n) is 13.9. The van der Waals surface area contributed by atoms with E-state index in [1.54, 1.807) is 30.3 Å². The first-order chi connectivity index (χ1) is 13.1. The highest BCUT2D eigenvalue weighted by Gasteiger charge is 2.45. The van der Waals surface area contributed by atoms with E-state index in [1.807, 2.05) is 0 Å². The number of nitrogens with one attached hydrogen (secondary N) is 1. The van der Waals surface area contributed by atoms with E-state index < -0.39 is 37.1 Å². The predicted molar refractivity (Wildman–Crippen MR) is 91.6 cm³/mol. The zero-order chi connectivity index (χ0) is 19.0. The summed E-state index contributed by atoms with van der Waals surface area (Å²) >= 11 is 0. The molecule has 3 heterocycles. The molecule has 0 spiro atoms. The molecule has 0 radical (unpaired) electrons. The van der Waals surface area contributed by atoms with Crippen LogP contribution in [0.1, 0.15) is 16.6 Å². The van der Waals surface area contributed by atoms with E-state index in [-0.39, 0.29) is 11.6 Å². The fourth-order valence-electron chi connectivity index (χ4n) is 2.91. The number of ether oxygens (including phenoxy) is 1. The van der Waals surface area contributed by atoms with Gasteiger partial charge in [-0.25, -0.2) is 14.4 Å². The number of imidazole rings is 1. The summed E-state index contributed by atoms with van der Waals surface area (Å²) in [6.45, 7) is -0.516. The summed E-state index contributed by atoms with van der Waals surface area (Å²) in [4.78, 5) is 24.6. The molecule has 3 aromatic rings. The van der Waals surface area contributed by atoms with Crippen LogP contribution in [0.25, 0.3) is 11.2 Å².